The predicted molar refractivity (Wildman–Crippen MR) is 70.1 cm³/mol. The molecule has 0 fully saturated rings. The van der Waals surface area contributed by atoms with Gasteiger partial charge in [-0.1, -0.05) is 27.7 Å². The van der Waals surface area contributed by atoms with E-state index in [-0.39, 0.29) is 23.8 Å². The number of carbonyl (C=O) groups excluding carboxylic acids is 2. The summed E-state index contributed by atoms with van der Waals surface area (Å²) in [6.45, 7) is 8.28. The summed E-state index contributed by atoms with van der Waals surface area (Å²) in [5.74, 6) is -0.386. The highest BCUT2D eigenvalue weighted by molar-refractivity contribution is 5.71. The van der Waals surface area contributed by atoms with Crippen LogP contribution in [0.5, 0.6) is 0 Å². The van der Waals surface area contributed by atoms with Crippen LogP contribution in [0, 0.1) is 11.8 Å². The van der Waals surface area contributed by atoms with Crippen LogP contribution in [0.25, 0.3) is 0 Å². The molecule has 0 spiro atoms. The van der Waals surface area contributed by atoms with E-state index in [9.17, 15) is 9.59 Å². The lowest BCUT2D eigenvalue weighted by Crippen LogP contribution is -2.13. The Labute approximate surface area is 110 Å². The first-order valence-corrected chi connectivity index (χ1v) is 6.78. The highest BCUT2D eigenvalue weighted by Crippen LogP contribution is 2.04. The topological polar surface area (TPSA) is 52.6 Å². The van der Waals surface area contributed by atoms with Gasteiger partial charge in [0.05, 0.1) is 25.0 Å². The monoisotopic (exact) mass is 258 g/mol. The second-order valence-corrected chi connectivity index (χ2v) is 5.06. The van der Waals surface area contributed by atoms with E-state index in [1.165, 1.54) is 0 Å². The zero-order chi connectivity index (χ0) is 14.0. The summed E-state index contributed by atoms with van der Waals surface area (Å²) in [6, 6.07) is 0. The standard InChI is InChI=1S/C14H26O4/c1-11(2)13(15)17-9-7-5-6-8-10-18-14(16)12(3)4/h11-12H,5-10H2,1-4H3. The molecule has 0 aliphatic heterocycles. The minimum Gasteiger partial charge on any atom is -0.465 e. The van der Waals surface area contributed by atoms with E-state index >= 15 is 0 Å². The van der Waals surface area contributed by atoms with Crippen LogP contribution in [0.1, 0.15) is 53.4 Å². The third-order valence-corrected chi connectivity index (χ3v) is 2.47. The number of carbonyl (C=O) groups is 2. The normalized spacial score (nSPS) is 10.8. The van der Waals surface area contributed by atoms with Crippen LogP contribution in [0.15, 0.2) is 0 Å². The maximum atomic E-state index is 11.1. The molecule has 0 amide bonds. The smallest absolute Gasteiger partial charge is 0.308 e. The Morgan fingerprint density at radius 2 is 1.06 bits per heavy atom. The van der Waals surface area contributed by atoms with Crippen molar-refractivity contribution in [2.24, 2.45) is 11.8 Å². The van der Waals surface area contributed by atoms with Gasteiger partial charge in [0, 0.05) is 0 Å². The molecular formula is C14H26O4. The molecule has 0 saturated heterocycles. The molecule has 0 aromatic heterocycles. The fourth-order valence-electron chi connectivity index (χ4n) is 1.24. The number of rotatable bonds is 9. The lowest BCUT2D eigenvalue weighted by Gasteiger charge is -2.08. The SMILES string of the molecule is CC(C)C(=O)OCCCCCCOC(=O)C(C)C. The average Bonchev–Trinajstić information content (AvgIpc) is 2.31. The van der Waals surface area contributed by atoms with Crippen molar-refractivity contribution < 1.29 is 19.1 Å². The molecule has 0 bridgehead atoms. The molecule has 4 nitrogen and oxygen atoms in total. The van der Waals surface area contributed by atoms with Crippen LogP contribution in [-0.2, 0) is 19.1 Å². The number of esters is 2. The molecule has 0 saturated carbocycles. The molecule has 0 heterocycles. The summed E-state index contributed by atoms with van der Waals surface area (Å²) in [5.41, 5.74) is 0. The number of unbranched alkanes of at least 4 members (excludes halogenated alkanes) is 3. The molecule has 106 valence electrons. The maximum Gasteiger partial charge on any atom is 0.308 e. The first-order chi connectivity index (χ1) is 8.45. The Balaban J connectivity index is 3.27. The lowest BCUT2D eigenvalue weighted by atomic mass is 10.2. The van der Waals surface area contributed by atoms with Gasteiger partial charge in [-0.2, -0.15) is 0 Å². The third kappa shape index (κ3) is 9.02. The van der Waals surface area contributed by atoms with Gasteiger partial charge in [-0.3, -0.25) is 9.59 Å². The van der Waals surface area contributed by atoms with Gasteiger partial charge < -0.3 is 9.47 Å². The Bertz CT molecular complexity index is 220. The van der Waals surface area contributed by atoms with Crippen molar-refractivity contribution in [2.75, 3.05) is 13.2 Å². The van der Waals surface area contributed by atoms with Gasteiger partial charge in [-0.25, -0.2) is 0 Å². The van der Waals surface area contributed by atoms with Crippen molar-refractivity contribution in [3.05, 3.63) is 0 Å². The molecule has 18 heavy (non-hydrogen) atoms. The molecular weight excluding hydrogens is 232 g/mol. The minimum absolute atomic E-state index is 0.0551. The quantitative estimate of drug-likeness (QED) is 0.471. The summed E-state index contributed by atoms with van der Waals surface area (Å²) < 4.78 is 10.1. The van der Waals surface area contributed by atoms with Crippen LogP contribution < -0.4 is 0 Å². The van der Waals surface area contributed by atoms with E-state index in [1.54, 1.807) is 0 Å². The van der Waals surface area contributed by atoms with Gasteiger partial charge in [0.15, 0.2) is 0 Å². The van der Waals surface area contributed by atoms with Crippen LogP contribution >= 0.6 is 0 Å². The van der Waals surface area contributed by atoms with Crippen LogP contribution in [0.2, 0.25) is 0 Å². The zero-order valence-electron chi connectivity index (χ0n) is 12.0. The van der Waals surface area contributed by atoms with Crippen molar-refractivity contribution in [3.8, 4) is 0 Å². The Hall–Kier alpha value is -1.06. The van der Waals surface area contributed by atoms with Crippen molar-refractivity contribution in [1.82, 2.24) is 0 Å². The highest BCUT2D eigenvalue weighted by atomic mass is 16.5. The van der Waals surface area contributed by atoms with Crippen molar-refractivity contribution >= 4 is 11.9 Å². The van der Waals surface area contributed by atoms with Gasteiger partial charge in [0.1, 0.15) is 0 Å². The zero-order valence-corrected chi connectivity index (χ0v) is 12.0. The molecule has 0 aromatic carbocycles. The lowest BCUT2D eigenvalue weighted by molar-refractivity contribution is -0.148. The molecule has 0 aromatic rings. The van der Waals surface area contributed by atoms with Crippen LogP contribution in [0.3, 0.4) is 0 Å². The highest BCUT2D eigenvalue weighted by Gasteiger charge is 2.08. The number of ether oxygens (including phenoxy) is 2. The summed E-state index contributed by atoms with van der Waals surface area (Å²) in [6.07, 6.45) is 3.72. The first kappa shape index (κ1) is 16.9. The van der Waals surface area contributed by atoms with Crippen LogP contribution in [-0.4, -0.2) is 25.2 Å². The summed E-state index contributed by atoms with van der Waals surface area (Å²) in [7, 11) is 0. The molecule has 0 atom stereocenters. The Kier molecular flexibility index (Phi) is 9.33. The van der Waals surface area contributed by atoms with Gasteiger partial charge in [-0.05, 0) is 25.7 Å². The second-order valence-electron chi connectivity index (χ2n) is 5.06. The molecule has 0 radical (unpaired) electrons. The van der Waals surface area contributed by atoms with Gasteiger partial charge in [-0.15, -0.1) is 0 Å². The molecule has 0 unspecified atom stereocenters. The third-order valence-electron chi connectivity index (χ3n) is 2.47. The molecule has 0 N–H and O–H groups in total. The predicted octanol–water partition coefficient (Wildman–Crippen LogP) is 2.95. The molecule has 4 heteroatoms. The van der Waals surface area contributed by atoms with E-state index in [2.05, 4.69) is 0 Å². The summed E-state index contributed by atoms with van der Waals surface area (Å²) in [4.78, 5) is 22.3. The average molecular weight is 258 g/mol. The summed E-state index contributed by atoms with van der Waals surface area (Å²) >= 11 is 0. The van der Waals surface area contributed by atoms with Gasteiger partial charge in [0.2, 0.25) is 0 Å². The molecule has 0 rings (SSSR count). The number of hydrogen-bond donors (Lipinski definition) is 0. The Morgan fingerprint density at radius 3 is 1.33 bits per heavy atom. The number of hydrogen-bond acceptors (Lipinski definition) is 4. The second kappa shape index (κ2) is 9.92. The van der Waals surface area contributed by atoms with Gasteiger partial charge >= 0.3 is 11.9 Å². The maximum absolute atomic E-state index is 11.1. The van der Waals surface area contributed by atoms with Crippen LogP contribution in [0.4, 0.5) is 0 Å². The van der Waals surface area contributed by atoms with Crippen molar-refractivity contribution in [3.63, 3.8) is 0 Å². The minimum atomic E-state index is -0.138. The summed E-state index contributed by atoms with van der Waals surface area (Å²) in [5, 5.41) is 0. The van der Waals surface area contributed by atoms with Gasteiger partial charge in [0.25, 0.3) is 0 Å². The fourth-order valence-corrected chi connectivity index (χ4v) is 1.24. The first-order valence-electron chi connectivity index (χ1n) is 6.78. The van der Waals surface area contributed by atoms with E-state index < -0.39 is 0 Å². The van der Waals surface area contributed by atoms with E-state index in [0.29, 0.717) is 13.2 Å². The van der Waals surface area contributed by atoms with Crippen molar-refractivity contribution in [1.29, 1.82) is 0 Å². The molecule has 0 aliphatic rings. The van der Waals surface area contributed by atoms with Crippen molar-refractivity contribution in [2.45, 2.75) is 53.4 Å². The molecule has 0 aliphatic carbocycles. The Morgan fingerprint density at radius 1 is 0.722 bits per heavy atom. The van der Waals surface area contributed by atoms with E-state index in [0.717, 1.165) is 25.7 Å². The van der Waals surface area contributed by atoms with E-state index in [1.807, 2.05) is 27.7 Å². The largest absolute Gasteiger partial charge is 0.465 e. The fraction of sp³-hybridized carbons (Fsp3) is 0.857. The van der Waals surface area contributed by atoms with E-state index in [4.69, 9.17) is 9.47 Å².